The van der Waals surface area contributed by atoms with Crippen molar-refractivity contribution in [2.75, 3.05) is 6.61 Å². The second kappa shape index (κ2) is 6.27. The minimum Gasteiger partial charge on any atom is -0.368 e. The summed E-state index contributed by atoms with van der Waals surface area (Å²) >= 11 is 0. The number of hydrogen-bond donors (Lipinski definition) is 2. The Morgan fingerprint density at radius 2 is 2.38 bits per heavy atom. The summed E-state index contributed by atoms with van der Waals surface area (Å²) in [5.74, 6) is -0.765. The van der Waals surface area contributed by atoms with Crippen LogP contribution in [0.25, 0.3) is 0 Å². The average Bonchev–Trinajstić information content (AvgIpc) is 2.76. The summed E-state index contributed by atoms with van der Waals surface area (Å²) in [5, 5.41) is 2.61. The molecule has 0 radical (unpaired) electrons. The molecule has 3 N–H and O–H groups in total. The van der Waals surface area contributed by atoms with Crippen molar-refractivity contribution in [3.05, 3.63) is 12.7 Å². The smallest absolute Gasteiger partial charge is 0.249 e. The van der Waals surface area contributed by atoms with E-state index < -0.39 is 18.1 Å². The number of ether oxygens (including phenoxy) is 1. The fraction of sp³-hybridized carbons (Fsp3) is 0.636. The Balaban J connectivity index is 2.43. The maximum absolute atomic E-state index is 11.7. The van der Waals surface area contributed by atoms with E-state index in [1.165, 1.54) is 0 Å². The van der Waals surface area contributed by atoms with Crippen molar-refractivity contribution in [1.29, 1.82) is 0 Å². The molecule has 1 saturated heterocycles. The molecule has 2 amide bonds. The second-order valence-corrected chi connectivity index (χ2v) is 3.83. The molecule has 0 aromatic rings. The number of carbonyl (C=O) groups excluding carboxylic acids is 2. The summed E-state index contributed by atoms with van der Waals surface area (Å²) in [5.41, 5.74) is 5.20. The van der Waals surface area contributed by atoms with Crippen LogP contribution in [0.3, 0.4) is 0 Å². The summed E-state index contributed by atoms with van der Waals surface area (Å²) in [6.07, 6.45) is 3.97. The lowest BCUT2D eigenvalue weighted by atomic mass is 10.1. The predicted molar refractivity (Wildman–Crippen MR) is 59.5 cm³/mol. The Morgan fingerprint density at radius 1 is 1.62 bits per heavy atom. The van der Waals surface area contributed by atoms with Crippen LogP contribution in [0.15, 0.2) is 12.7 Å². The number of allylic oxidation sites excluding steroid dienone is 1. The minimum atomic E-state index is -0.630. The number of carbonyl (C=O) groups is 2. The van der Waals surface area contributed by atoms with Gasteiger partial charge in [-0.1, -0.05) is 6.08 Å². The van der Waals surface area contributed by atoms with E-state index in [0.717, 1.165) is 6.42 Å². The van der Waals surface area contributed by atoms with Crippen LogP contribution in [0.1, 0.15) is 25.7 Å². The molecule has 5 heteroatoms. The van der Waals surface area contributed by atoms with Gasteiger partial charge in [0.15, 0.2) is 0 Å². The van der Waals surface area contributed by atoms with E-state index in [1.54, 1.807) is 6.08 Å². The third kappa shape index (κ3) is 3.66. The summed E-state index contributed by atoms with van der Waals surface area (Å²) < 4.78 is 5.22. The van der Waals surface area contributed by atoms with Crippen LogP contribution >= 0.6 is 0 Å². The van der Waals surface area contributed by atoms with Crippen LogP contribution in [0, 0.1) is 0 Å². The molecule has 1 aliphatic heterocycles. The lowest BCUT2D eigenvalue weighted by molar-refractivity contribution is -0.133. The number of nitrogens with two attached hydrogens (primary N) is 1. The zero-order valence-corrected chi connectivity index (χ0v) is 9.28. The van der Waals surface area contributed by atoms with Gasteiger partial charge in [0, 0.05) is 6.61 Å². The fourth-order valence-electron chi connectivity index (χ4n) is 1.62. The van der Waals surface area contributed by atoms with Gasteiger partial charge >= 0.3 is 0 Å². The van der Waals surface area contributed by atoms with Crippen molar-refractivity contribution in [3.63, 3.8) is 0 Å². The van der Waals surface area contributed by atoms with Gasteiger partial charge in [0.25, 0.3) is 0 Å². The Morgan fingerprint density at radius 3 is 2.88 bits per heavy atom. The Bertz CT molecular complexity index is 272. The van der Waals surface area contributed by atoms with E-state index in [2.05, 4.69) is 11.9 Å². The van der Waals surface area contributed by atoms with Crippen LogP contribution in [0.5, 0.6) is 0 Å². The zero-order chi connectivity index (χ0) is 12.0. The van der Waals surface area contributed by atoms with E-state index in [4.69, 9.17) is 10.5 Å². The van der Waals surface area contributed by atoms with Gasteiger partial charge in [-0.25, -0.2) is 0 Å². The molecule has 0 saturated carbocycles. The van der Waals surface area contributed by atoms with Crippen molar-refractivity contribution in [1.82, 2.24) is 5.32 Å². The van der Waals surface area contributed by atoms with Gasteiger partial charge in [0.2, 0.25) is 11.8 Å². The molecule has 0 bridgehead atoms. The molecule has 1 aliphatic rings. The predicted octanol–water partition coefficient (Wildman–Crippen LogP) is 0.102. The normalized spacial score (nSPS) is 21.4. The van der Waals surface area contributed by atoms with E-state index >= 15 is 0 Å². The van der Waals surface area contributed by atoms with E-state index in [-0.39, 0.29) is 5.91 Å². The molecule has 5 nitrogen and oxygen atoms in total. The molecule has 1 rings (SSSR count). The van der Waals surface area contributed by atoms with E-state index in [1.807, 2.05) is 0 Å². The first-order valence-corrected chi connectivity index (χ1v) is 5.47. The molecule has 1 fully saturated rings. The van der Waals surface area contributed by atoms with Crippen LogP contribution in [0.4, 0.5) is 0 Å². The van der Waals surface area contributed by atoms with Crippen molar-refractivity contribution >= 4 is 11.8 Å². The van der Waals surface area contributed by atoms with Gasteiger partial charge in [-0.3, -0.25) is 9.59 Å². The summed E-state index contributed by atoms with van der Waals surface area (Å²) in [6, 6.07) is -0.630. The van der Waals surface area contributed by atoms with Crippen molar-refractivity contribution in [2.45, 2.75) is 37.8 Å². The average molecular weight is 226 g/mol. The van der Waals surface area contributed by atoms with Gasteiger partial charge in [-0.05, 0) is 25.7 Å². The fourth-order valence-corrected chi connectivity index (χ4v) is 1.62. The van der Waals surface area contributed by atoms with Crippen molar-refractivity contribution in [3.8, 4) is 0 Å². The molecule has 0 spiro atoms. The van der Waals surface area contributed by atoms with Gasteiger partial charge < -0.3 is 15.8 Å². The van der Waals surface area contributed by atoms with Crippen LogP contribution in [-0.4, -0.2) is 30.6 Å². The van der Waals surface area contributed by atoms with E-state index in [0.29, 0.717) is 25.9 Å². The summed E-state index contributed by atoms with van der Waals surface area (Å²) in [7, 11) is 0. The lowest BCUT2D eigenvalue weighted by Crippen LogP contribution is -2.47. The molecule has 0 unspecified atom stereocenters. The standard InChI is InChI=1S/C11H18N2O3/c1-2-3-5-8(10(12)14)13-11(15)9-6-4-7-16-9/h2,8-9H,1,3-7H2,(H2,12,14)(H,13,15)/t8-,9+/m0/s1. The highest BCUT2D eigenvalue weighted by Crippen LogP contribution is 2.12. The Labute approximate surface area is 95.0 Å². The number of nitrogens with one attached hydrogen (secondary N) is 1. The molecule has 0 aliphatic carbocycles. The third-order valence-corrected chi connectivity index (χ3v) is 2.54. The first-order chi connectivity index (χ1) is 7.65. The second-order valence-electron chi connectivity index (χ2n) is 3.83. The van der Waals surface area contributed by atoms with Crippen LogP contribution < -0.4 is 11.1 Å². The molecule has 1 heterocycles. The number of hydrogen-bond acceptors (Lipinski definition) is 3. The van der Waals surface area contributed by atoms with Crippen LogP contribution in [0.2, 0.25) is 0 Å². The molecular weight excluding hydrogens is 208 g/mol. The van der Waals surface area contributed by atoms with Crippen molar-refractivity contribution < 1.29 is 14.3 Å². The summed E-state index contributed by atoms with van der Waals surface area (Å²) in [4.78, 5) is 22.7. The first-order valence-electron chi connectivity index (χ1n) is 5.47. The van der Waals surface area contributed by atoms with E-state index in [9.17, 15) is 9.59 Å². The van der Waals surface area contributed by atoms with Gasteiger partial charge in [-0.15, -0.1) is 6.58 Å². The SMILES string of the molecule is C=CCC[C@H](NC(=O)[C@H]1CCCO1)C(N)=O. The third-order valence-electron chi connectivity index (χ3n) is 2.54. The highest BCUT2D eigenvalue weighted by Gasteiger charge is 2.26. The highest BCUT2D eigenvalue weighted by molar-refractivity contribution is 5.88. The molecule has 0 aromatic heterocycles. The number of rotatable bonds is 6. The largest absolute Gasteiger partial charge is 0.368 e. The lowest BCUT2D eigenvalue weighted by Gasteiger charge is -2.17. The molecule has 0 aromatic carbocycles. The maximum atomic E-state index is 11.7. The van der Waals surface area contributed by atoms with Gasteiger partial charge in [0.05, 0.1) is 0 Å². The quantitative estimate of drug-likeness (QED) is 0.630. The number of amides is 2. The Hall–Kier alpha value is -1.36. The molecule has 16 heavy (non-hydrogen) atoms. The molecule has 2 atom stereocenters. The molecule has 90 valence electrons. The monoisotopic (exact) mass is 226 g/mol. The van der Waals surface area contributed by atoms with Gasteiger partial charge in [-0.2, -0.15) is 0 Å². The minimum absolute atomic E-state index is 0.245. The summed E-state index contributed by atoms with van der Waals surface area (Å²) in [6.45, 7) is 4.16. The maximum Gasteiger partial charge on any atom is 0.249 e. The number of primary amides is 1. The molecular formula is C11H18N2O3. The Kier molecular flexibility index (Phi) is 4.98. The topological polar surface area (TPSA) is 81.4 Å². The van der Waals surface area contributed by atoms with Crippen molar-refractivity contribution in [2.24, 2.45) is 5.73 Å². The van der Waals surface area contributed by atoms with Gasteiger partial charge in [0.1, 0.15) is 12.1 Å². The van der Waals surface area contributed by atoms with Crippen LogP contribution in [-0.2, 0) is 14.3 Å². The first kappa shape index (κ1) is 12.7. The highest BCUT2D eigenvalue weighted by atomic mass is 16.5. The zero-order valence-electron chi connectivity index (χ0n) is 9.28.